The first kappa shape index (κ1) is 10.4. The second kappa shape index (κ2) is 5.13. The van der Waals surface area contributed by atoms with Gasteiger partial charge >= 0.3 is 0 Å². The number of nitrogens with one attached hydrogen (secondary N) is 1. The molecule has 0 radical (unpaired) electrons. The highest BCUT2D eigenvalue weighted by atomic mass is 16.5. The van der Waals surface area contributed by atoms with Crippen LogP contribution in [0.25, 0.3) is 0 Å². The summed E-state index contributed by atoms with van der Waals surface area (Å²) in [5.41, 5.74) is 0. The Morgan fingerprint density at radius 3 is 2.64 bits per heavy atom. The van der Waals surface area contributed by atoms with Gasteiger partial charge in [-0.05, 0) is 50.5 Å². The third-order valence-electron chi connectivity index (χ3n) is 3.96. The predicted octanol–water partition coefficient (Wildman–Crippen LogP) is 2.19. The lowest BCUT2D eigenvalue weighted by atomic mass is 9.78. The molecule has 2 rings (SSSR count). The maximum atomic E-state index is 5.43. The summed E-state index contributed by atoms with van der Waals surface area (Å²) >= 11 is 0. The largest absolute Gasteiger partial charge is 0.381 e. The van der Waals surface area contributed by atoms with Crippen LogP contribution in [0.3, 0.4) is 0 Å². The van der Waals surface area contributed by atoms with Gasteiger partial charge in [-0.3, -0.25) is 0 Å². The second-order valence-corrected chi connectivity index (χ2v) is 4.79. The van der Waals surface area contributed by atoms with Crippen LogP contribution >= 0.6 is 0 Å². The summed E-state index contributed by atoms with van der Waals surface area (Å²) in [6, 6.07) is 0.789. The van der Waals surface area contributed by atoms with Crippen molar-refractivity contribution >= 4 is 0 Å². The Kier molecular flexibility index (Phi) is 3.82. The van der Waals surface area contributed by atoms with Gasteiger partial charge in [0.05, 0.1) is 0 Å². The first-order valence-corrected chi connectivity index (χ1v) is 6.21. The van der Waals surface area contributed by atoms with Crippen LogP contribution in [0.2, 0.25) is 0 Å². The fourth-order valence-electron chi connectivity index (χ4n) is 2.97. The molecule has 0 bridgehead atoms. The van der Waals surface area contributed by atoms with Crippen molar-refractivity contribution in [3.63, 3.8) is 0 Å². The topological polar surface area (TPSA) is 21.3 Å². The summed E-state index contributed by atoms with van der Waals surface area (Å²) in [4.78, 5) is 0. The second-order valence-electron chi connectivity index (χ2n) is 4.79. The average molecular weight is 197 g/mol. The first-order chi connectivity index (χ1) is 6.90. The number of ether oxygens (including phenoxy) is 1. The lowest BCUT2D eigenvalue weighted by Gasteiger charge is -2.36. The Morgan fingerprint density at radius 1 is 1.14 bits per heavy atom. The highest BCUT2D eigenvalue weighted by Gasteiger charge is 2.28. The fourth-order valence-corrected chi connectivity index (χ4v) is 2.97. The van der Waals surface area contributed by atoms with Gasteiger partial charge in [-0.1, -0.05) is 6.92 Å². The molecule has 0 spiro atoms. The molecule has 1 N–H and O–H groups in total. The summed E-state index contributed by atoms with van der Waals surface area (Å²) in [6.45, 7) is 5.54. The molecule has 0 saturated carbocycles. The van der Waals surface area contributed by atoms with Gasteiger partial charge in [0.2, 0.25) is 0 Å². The first-order valence-electron chi connectivity index (χ1n) is 6.21. The molecule has 0 aromatic carbocycles. The molecule has 14 heavy (non-hydrogen) atoms. The SMILES string of the molecule is CCC1CC(C2CCOCC2)CCN1. The van der Waals surface area contributed by atoms with Crippen LogP contribution in [-0.2, 0) is 4.74 Å². The lowest BCUT2D eigenvalue weighted by molar-refractivity contribution is 0.0367. The van der Waals surface area contributed by atoms with E-state index in [1.807, 2.05) is 0 Å². The van der Waals surface area contributed by atoms with Gasteiger partial charge in [0.1, 0.15) is 0 Å². The maximum absolute atomic E-state index is 5.43. The minimum atomic E-state index is 0.789. The van der Waals surface area contributed by atoms with Crippen LogP contribution in [0.1, 0.15) is 39.0 Å². The van der Waals surface area contributed by atoms with Crippen molar-refractivity contribution < 1.29 is 4.74 Å². The predicted molar refractivity (Wildman–Crippen MR) is 58.3 cm³/mol. The van der Waals surface area contributed by atoms with Crippen molar-refractivity contribution in [3.8, 4) is 0 Å². The van der Waals surface area contributed by atoms with Crippen LogP contribution in [0.4, 0.5) is 0 Å². The van der Waals surface area contributed by atoms with Crippen LogP contribution in [0.5, 0.6) is 0 Å². The summed E-state index contributed by atoms with van der Waals surface area (Å²) < 4.78 is 5.43. The zero-order valence-electron chi connectivity index (χ0n) is 9.30. The summed E-state index contributed by atoms with van der Waals surface area (Å²) in [7, 11) is 0. The van der Waals surface area contributed by atoms with E-state index in [1.165, 1.54) is 38.6 Å². The molecule has 2 nitrogen and oxygen atoms in total. The monoisotopic (exact) mass is 197 g/mol. The van der Waals surface area contributed by atoms with E-state index in [0.29, 0.717) is 0 Å². The van der Waals surface area contributed by atoms with Crippen molar-refractivity contribution in [2.75, 3.05) is 19.8 Å². The van der Waals surface area contributed by atoms with Crippen LogP contribution in [0.15, 0.2) is 0 Å². The number of hydrogen-bond acceptors (Lipinski definition) is 2. The summed E-state index contributed by atoms with van der Waals surface area (Å²) in [5, 5.41) is 3.61. The van der Waals surface area contributed by atoms with E-state index in [-0.39, 0.29) is 0 Å². The molecule has 2 atom stereocenters. The minimum absolute atomic E-state index is 0.789. The Labute approximate surface area is 87.4 Å². The molecule has 82 valence electrons. The molecular formula is C12H23NO. The zero-order chi connectivity index (χ0) is 9.80. The number of hydrogen-bond donors (Lipinski definition) is 1. The fraction of sp³-hybridized carbons (Fsp3) is 1.00. The standard InChI is InChI=1S/C12H23NO/c1-2-12-9-11(3-6-13-12)10-4-7-14-8-5-10/h10-13H,2-9H2,1H3. The third-order valence-corrected chi connectivity index (χ3v) is 3.96. The molecule has 2 fully saturated rings. The van der Waals surface area contributed by atoms with Gasteiger partial charge in [0, 0.05) is 19.3 Å². The quantitative estimate of drug-likeness (QED) is 0.732. The van der Waals surface area contributed by atoms with Gasteiger partial charge in [-0.2, -0.15) is 0 Å². The van der Waals surface area contributed by atoms with Crippen LogP contribution in [-0.4, -0.2) is 25.8 Å². The molecule has 0 aromatic heterocycles. The van der Waals surface area contributed by atoms with Gasteiger partial charge in [-0.15, -0.1) is 0 Å². The Balaban J connectivity index is 1.83. The molecule has 2 aliphatic heterocycles. The van der Waals surface area contributed by atoms with E-state index < -0.39 is 0 Å². The molecule has 2 heterocycles. The highest BCUT2D eigenvalue weighted by Crippen LogP contribution is 2.32. The van der Waals surface area contributed by atoms with E-state index in [4.69, 9.17) is 4.74 Å². The van der Waals surface area contributed by atoms with Gasteiger partial charge in [0.25, 0.3) is 0 Å². The smallest absolute Gasteiger partial charge is 0.0468 e. The Hall–Kier alpha value is -0.0800. The molecule has 2 heteroatoms. The highest BCUT2D eigenvalue weighted by molar-refractivity contribution is 4.82. The third kappa shape index (κ3) is 2.48. The molecule has 0 aromatic rings. The molecule has 0 aliphatic carbocycles. The Morgan fingerprint density at radius 2 is 1.93 bits per heavy atom. The molecule has 2 saturated heterocycles. The van der Waals surface area contributed by atoms with Crippen molar-refractivity contribution in [3.05, 3.63) is 0 Å². The van der Waals surface area contributed by atoms with E-state index in [0.717, 1.165) is 31.1 Å². The number of piperidine rings is 1. The van der Waals surface area contributed by atoms with Gasteiger partial charge in [0.15, 0.2) is 0 Å². The van der Waals surface area contributed by atoms with E-state index in [2.05, 4.69) is 12.2 Å². The van der Waals surface area contributed by atoms with Crippen molar-refractivity contribution in [2.45, 2.75) is 45.1 Å². The molecule has 0 amide bonds. The van der Waals surface area contributed by atoms with E-state index in [1.54, 1.807) is 0 Å². The minimum Gasteiger partial charge on any atom is -0.381 e. The van der Waals surface area contributed by atoms with E-state index >= 15 is 0 Å². The zero-order valence-corrected chi connectivity index (χ0v) is 9.30. The molecular weight excluding hydrogens is 174 g/mol. The van der Waals surface area contributed by atoms with Crippen LogP contribution in [0, 0.1) is 11.8 Å². The van der Waals surface area contributed by atoms with Crippen molar-refractivity contribution in [1.29, 1.82) is 0 Å². The molecule has 2 aliphatic rings. The average Bonchev–Trinajstić information content (AvgIpc) is 2.30. The Bertz CT molecular complexity index is 166. The van der Waals surface area contributed by atoms with Crippen LogP contribution < -0.4 is 5.32 Å². The summed E-state index contributed by atoms with van der Waals surface area (Å²) in [6.07, 6.45) is 6.70. The van der Waals surface area contributed by atoms with Gasteiger partial charge < -0.3 is 10.1 Å². The maximum Gasteiger partial charge on any atom is 0.0468 e. The molecule has 2 unspecified atom stereocenters. The normalized spacial score (nSPS) is 35.8. The van der Waals surface area contributed by atoms with E-state index in [9.17, 15) is 0 Å². The summed E-state index contributed by atoms with van der Waals surface area (Å²) in [5.74, 6) is 1.94. The van der Waals surface area contributed by atoms with Crippen molar-refractivity contribution in [1.82, 2.24) is 5.32 Å². The lowest BCUT2D eigenvalue weighted by Crippen LogP contribution is -2.40. The number of rotatable bonds is 2. The van der Waals surface area contributed by atoms with Crippen molar-refractivity contribution in [2.24, 2.45) is 11.8 Å². The van der Waals surface area contributed by atoms with Gasteiger partial charge in [-0.25, -0.2) is 0 Å².